The molecular weight excluding hydrogens is 188 g/mol. The first-order valence-corrected chi connectivity index (χ1v) is 6.21. The van der Waals surface area contributed by atoms with Gasteiger partial charge < -0.3 is 15.4 Å². The standard InChI is InChI=1S/C12H28N2O/c1-4-12(2)6-9-13-7-5-8-14-10-11-15-3/h12-14H,4-11H2,1-3H3. The topological polar surface area (TPSA) is 33.3 Å². The highest BCUT2D eigenvalue weighted by atomic mass is 16.5. The molecule has 0 aliphatic heterocycles. The third-order valence-corrected chi connectivity index (χ3v) is 2.70. The summed E-state index contributed by atoms with van der Waals surface area (Å²) in [6.07, 6.45) is 3.79. The number of methoxy groups -OCH3 is 1. The zero-order valence-corrected chi connectivity index (χ0v) is 10.6. The molecule has 15 heavy (non-hydrogen) atoms. The van der Waals surface area contributed by atoms with Crippen LogP contribution in [0.5, 0.6) is 0 Å². The van der Waals surface area contributed by atoms with Crippen LogP contribution in [0.1, 0.15) is 33.1 Å². The Balaban J connectivity index is 2.92. The summed E-state index contributed by atoms with van der Waals surface area (Å²) in [5, 5.41) is 6.80. The van der Waals surface area contributed by atoms with Gasteiger partial charge in [-0.1, -0.05) is 20.3 Å². The summed E-state index contributed by atoms with van der Waals surface area (Å²) < 4.78 is 4.95. The summed E-state index contributed by atoms with van der Waals surface area (Å²) in [4.78, 5) is 0. The minimum absolute atomic E-state index is 0.807. The van der Waals surface area contributed by atoms with Crippen molar-refractivity contribution in [1.82, 2.24) is 10.6 Å². The van der Waals surface area contributed by atoms with Crippen LogP contribution in [0.2, 0.25) is 0 Å². The van der Waals surface area contributed by atoms with Crippen LogP contribution >= 0.6 is 0 Å². The maximum Gasteiger partial charge on any atom is 0.0587 e. The van der Waals surface area contributed by atoms with Crippen LogP contribution in [0.3, 0.4) is 0 Å². The maximum absolute atomic E-state index is 4.95. The fraction of sp³-hybridized carbons (Fsp3) is 1.00. The molecule has 0 aliphatic rings. The third kappa shape index (κ3) is 11.8. The van der Waals surface area contributed by atoms with Crippen molar-refractivity contribution in [1.29, 1.82) is 0 Å². The molecule has 3 nitrogen and oxygen atoms in total. The second kappa shape index (κ2) is 12.0. The van der Waals surface area contributed by atoms with Gasteiger partial charge in [0.15, 0.2) is 0 Å². The van der Waals surface area contributed by atoms with Gasteiger partial charge in [-0.3, -0.25) is 0 Å². The van der Waals surface area contributed by atoms with Crippen molar-refractivity contribution in [3.63, 3.8) is 0 Å². The molecule has 0 aromatic rings. The van der Waals surface area contributed by atoms with Gasteiger partial charge in [0.05, 0.1) is 6.61 Å². The largest absolute Gasteiger partial charge is 0.383 e. The predicted octanol–water partition coefficient (Wildman–Crippen LogP) is 1.64. The first-order chi connectivity index (χ1) is 7.31. The van der Waals surface area contributed by atoms with Gasteiger partial charge in [-0.15, -0.1) is 0 Å². The number of hydrogen-bond acceptors (Lipinski definition) is 3. The minimum atomic E-state index is 0.807. The van der Waals surface area contributed by atoms with E-state index in [0.29, 0.717) is 0 Å². The van der Waals surface area contributed by atoms with Gasteiger partial charge in [-0.25, -0.2) is 0 Å². The molecule has 0 fully saturated rings. The van der Waals surface area contributed by atoms with Crippen molar-refractivity contribution in [2.75, 3.05) is 39.9 Å². The van der Waals surface area contributed by atoms with E-state index in [4.69, 9.17) is 4.74 Å². The molecule has 2 N–H and O–H groups in total. The second-order valence-electron chi connectivity index (χ2n) is 4.15. The number of rotatable bonds is 11. The molecule has 3 heteroatoms. The third-order valence-electron chi connectivity index (χ3n) is 2.70. The van der Waals surface area contributed by atoms with Gasteiger partial charge in [0.25, 0.3) is 0 Å². The lowest BCUT2D eigenvalue weighted by atomic mass is 10.1. The average Bonchev–Trinajstić information content (AvgIpc) is 2.26. The van der Waals surface area contributed by atoms with Crippen LogP contribution < -0.4 is 10.6 Å². The Labute approximate surface area is 95.0 Å². The van der Waals surface area contributed by atoms with Crippen LogP contribution in [0.15, 0.2) is 0 Å². The zero-order chi connectivity index (χ0) is 11.4. The van der Waals surface area contributed by atoms with Crippen molar-refractivity contribution >= 4 is 0 Å². The van der Waals surface area contributed by atoms with Gasteiger partial charge in [0.2, 0.25) is 0 Å². The smallest absolute Gasteiger partial charge is 0.0587 e. The van der Waals surface area contributed by atoms with Gasteiger partial charge in [0, 0.05) is 13.7 Å². The molecule has 0 aromatic heterocycles. The monoisotopic (exact) mass is 216 g/mol. The lowest BCUT2D eigenvalue weighted by molar-refractivity contribution is 0.199. The normalized spacial score (nSPS) is 13.0. The van der Waals surface area contributed by atoms with E-state index in [2.05, 4.69) is 24.5 Å². The van der Waals surface area contributed by atoms with Crippen molar-refractivity contribution in [3.8, 4) is 0 Å². The number of ether oxygens (including phenoxy) is 1. The van der Waals surface area contributed by atoms with Crippen molar-refractivity contribution < 1.29 is 4.74 Å². The van der Waals surface area contributed by atoms with Crippen LogP contribution in [-0.2, 0) is 4.74 Å². The first-order valence-electron chi connectivity index (χ1n) is 6.21. The molecular formula is C12H28N2O. The molecule has 0 aromatic carbocycles. The van der Waals surface area contributed by atoms with E-state index < -0.39 is 0 Å². The molecule has 92 valence electrons. The molecule has 0 radical (unpaired) electrons. The summed E-state index contributed by atoms with van der Waals surface area (Å²) in [6.45, 7) is 9.70. The van der Waals surface area contributed by atoms with E-state index >= 15 is 0 Å². The van der Waals surface area contributed by atoms with Gasteiger partial charge in [-0.2, -0.15) is 0 Å². The minimum Gasteiger partial charge on any atom is -0.383 e. The summed E-state index contributed by atoms with van der Waals surface area (Å²) in [7, 11) is 1.73. The molecule has 0 amide bonds. The molecule has 0 heterocycles. The summed E-state index contributed by atoms with van der Waals surface area (Å²) in [5.74, 6) is 0.859. The highest BCUT2D eigenvalue weighted by Crippen LogP contribution is 2.03. The van der Waals surface area contributed by atoms with Crippen LogP contribution in [0.4, 0.5) is 0 Å². The van der Waals surface area contributed by atoms with E-state index in [-0.39, 0.29) is 0 Å². The Morgan fingerprint density at radius 3 is 2.33 bits per heavy atom. The number of nitrogens with one attached hydrogen (secondary N) is 2. The van der Waals surface area contributed by atoms with E-state index in [1.165, 1.54) is 19.3 Å². The Morgan fingerprint density at radius 2 is 1.73 bits per heavy atom. The van der Waals surface area contributed by atoms with Crippen LogP contribution in [-0.4, -0.2) is 39.9 Å². The molecule has 1 atom stereocenters. The molecule has 0 bridgehead atoms. The summed E-state index contributed by atoms with van der Waals surface area (Å²) in [5.41, 5.74) is 0. The van der Waals surface area contributed by atoms with E-state index in [1.807, 2.05) is 0 Å². The lowest BCUT2D eigenvalue weighted by Gasteiger charge is -2.09. The van der Waals surface area contributed by atoms with E-state index in [1.54, 1.807) is 7.11 Å². The maximum atomic E-state index is 4.95. The molecule has 0 aliphatic carbocycles. The molecule has 0 spiro atoms. The average molecular weight is 216 g/mol. The van der Waals surface area contributed by atoms with Gasteiger partial charge in [-0.05, 0) is 38.4 Å². The second-order valence-corrected chi connectivity index (χ2v) is 4.15. The highest BCUT2D eigenvalue weighted by molar-refractivity contribution is 4.55. The lowest BCUT2D eigenvalue weighted by Crippen LogP contribution is -2.25. The Morgan fingerprint density at radius 1 is 1.07 bits per heavy atom. The van der Waals surface area contributed by atoms with Crippen LogP contribution in [0.25, 0.3) is 0 Å². The fourth-order valence-electron chi connectivity index (χ4n) is 1.32. The quantitative estimate of drug-likeness (QED) is 0.515. The van der Waals surface area contributed by atoms with Crippen LogP contribution in [0, 0.1) is 5.92 Å². The van der Waals surface area contributed by atoms with E-state index in [9.17, 15) is 0 Å². The molecule has 0 rings (SSSR count). The SMILES string of the molecule is CCC(C)CCNCCCNCCOC. The highest BCUT2D eigenvalue weighted by Gasteiger charge is 1.96. The fourth-order valence-corrected chi connectivity index (χ4v) is 1.32. The van der Waals surface area contributed by atoms with E-state index in [0.717, 1.165) is 38.7 Å². The summed E-state index contributed by atoms with van der Waals surface area (Å²) in [6, 6.07) is 0. The first kappa shape index (κ1) is 14.9. The molecule has 1 unspecified atom stereocenters. The number of hydrogen-bond donors (Lipinski definition) is 2. The molecule has 0 saturated carbocycles. The van der Waals surface area contributed by atoms with Crippen molar-refractivity contribution in [3.05, 3.63) is 0 Å². The zero-order valence-electron chi connectivity index (χ0n) is 10.6. The Hall–Kier alpha value is -0.120. The van der Waals surface area contributed by atoms with Gasteiger partial charge >= 0.3 is 0 Å². The van der Waals surface area contributed by atoms with Crippen molar-refractivity contribution in [2.24, 2.45) is 5.92 Å². The Kier molecular flexibility index (Phi) is 11.9. The summed E-state index contributed by atoms with van der Waals surface area (Å²) >= 11 is 0. The predicted molar refractivity (Wildman–Crippen MR) is 66.3 cm³/mol. The van der Waals surface area contributed by atoms with Crippen molar-refractivity contribution in [2.45, 2.75) is 33.1 Å². The van der Waals surface area contributed by atoms with Gasteiger partial charge in [0.1, 0.15) is 0 Å². The molecule has 0 saturated heterocycles. The Bertz CT molecular complexity index is 120.